The SMILES string of the molecule is CCCCN(C)C(=O)c1cc(C)nc(Nc2ccc3c(c2)OCCO3)n1. The highest BCUT2D eigenvalue weighted by Crippen LogP contribution is 2.33. The van der Waals surface area contributed by atoms with Crippen molar-refractivity contribution < 1.29 is 14.3 Å². The lowest BCUT2D eigenvalue weighted by atomic mass is 10.2. The van der Waals surface area contributed by atoms with Crippen molar-refractivity contribution in [2.24, 2.45) is 0 Å². The van der Waals surface area contributed by atoms with Crippen LogP contribution in [0.4, 0.5) is 11.6 Å². The molecule has 1 aromatic heterocycles. The summed E-state index contributed by atoms with van der Waals surface area (Å²) in [5, 5.41) is 3.14. The van der Waals surface area contributed by atoms with Gasteiger partial charge >= 0.3 is 0 Å². The number of anilines is 2. The van der Waals surface area contributed by atoms with Crippen LogP contribution in [0.2, 0.25) is 0 Å². The van der Waals surface area contributed by atoms with Gasteiger partial charge < -0.3 is 19.7 Å². The van der Waals surface area contributed by atoms with E-state index in [1.165, 1.54) is 0 Å². The number of carbonyl (C=O) groups is 1. The first kappa shape index (κ1) is 18.0. The van der Waals surface area contributed by atoms with Crippen LogP contribution in [0.5, 0.6) is 11.5 Å². The third-order valence-electron chi connectivity index (χ3n) is 4.07. The van der Waals surface area contributed by atoms with Crippen LogP contribution in [-0.4, -0.2) is 47.6 Å². The predicted octanol–water partition coefficient (Wildman–Crippen LogP) is 3.17. The molecule has 1 N–H and O–H groups in total. The van der Waals surface area contributed by atoms with E-state index in [-0.39, 0.29) is 5.91 Å². The molecule has 1 amide bonds. The van der Waals surface area contributed by atoms with Crippen LogP contribution < -0.4 is 14.8 Å². The van der Waals surface area contributed by atoms with Crippen LogP contribution in [0.1, 0.15) is 35.9 Å². The molecule has 7 nitrogen and oxygen atoms in total. The molecule has 1 aromatic carbocycles. The Morgan fingerprint density at radius 2 is 1.96 bits per heavy atom. The van der Waals surface area contributed by atoms with Crippen molar-refractivity contribution in [3.8, 4) is 11.5 Å². The average Bonchev–Trinajstić information content (AvgIpc) is 2.65. The molecule has 2 heterocycles. The average molecular weight is 356 g/mol. The monoisotopic (exact) mass is 356 g/mol. The van der Waals surface area contributed by atoms with Crippen molar-refractivity contribution in [3.05, 3.63) is 35.7 Å². The van der Waals surface area contributed by atoms with Gasteiger partial charge in [0.15, 0.2) is 11.5 Å². The molecule has 0 unspecified atom stereocenters. The number of fused-ring (bicyclic) bond motifs is 1. The molecular weight excluding hydrogens is 332 g/mol. The van der Waals surface area contributed by atoms with Crippen LogP contribution >= 0.6 is 0 Å². The Labute approximate surface area is 153 Å². The third kappa shape index (κ3) is 4.22. The lowest BCUT2D eigenvalue weighted by Crippen LogP contribution is -2.28. The Morgan fingerprint density at radius 1 is 1.19 bits per heavy atom. The van der Waals surface area contributed by atoms with Gasteiger partial charge in [0.1, 0.15) is 18.9 Å². The van der Waals surface area contributed by atoms with Crippen LogP contribution in [-0.2, 0) is 0 Å². The lowest BCUT2D eigenvalue weighted by Gasteiger charge is -2.19. The van der Waals surface area contributed by atoms with Crippen molar-refractivity contribution in [2.75, 3.05) is 32.1 Å². The number of benzene rings is 1. The van der Waals surface area contributed by atoms with E-state index < -0.39 is 0 Å². The summed E-state index contributed by atoms with van der Waals surface area (Å²) in [6.07, 6.45) is 2.01. The number of ether oxygens (including phenoxy) is 2. The fraction of sp³-hybridized carbons (Fsp3) is 0.421. The molecule has 0 aliphatic carbocycles. The van der Waals surface area contributed by atoms with Gasteiger partial charge in [-0.3, -0.25) is 4.79 Å². The second-order valence-electron chi connectivity index (χ2n) is 6.28. The Kier molecular flexibility index (Phi) is 5.55. The van der Waals surface area contributed by atoms with Crippen molar-refractivity contribution in [1.82, 2.24) is 14.9 Å². The van der Waals surface area contributed by atoms with Gasteiger partial charge in [-0.1, -0.05) is 13.3 Å². The van der Waals surface area contributed by atoms with Crippen LogP contribution in [0.3, 0.4) is 0 Å². The van der Waals surface area contributed by atoms with E-state index in [2.05, 4.69) is 22.2 Å². The molecule has 1 aliphatic rings. The summed E-state index contributed by atoms with van der Waals surface area (Å²) < 4.78 is 11.1. The highest BCUT2D eigenvalue weighted by atomic mass is 16.6. The maximum absolute atomic E-state index is 12.6. The molecule has 7 heteroatoms. The minimum Gasteiger partial charge on any atom is -0.486 e. The molecule has 2 aromatic rings. The first-order valence-corrected chi connectivity index (χ1v) is 8.84. The molecule has 0 saturated heterocycles. The fourth-order valence-corrected chi connectivity index (χ4v) is 2.68. The van der Waals surface area contributed by atoms with E-state index in [1.807, 2.05) is 25.1 Å². The molecule has 138 valence electrons. The first-order valence-electron chi connectivity index (χ1n) is 8.84. The Hall–Kier alpha value is -2.83. The molecular formula is C19H24N4O3. The molecule has 3 rings (SSSR count). The van der Waals surface area contributed by atoms with Crippen molar-refractivity contribution in [2.45, 2.75) is 26.7 Å². The third-order valence-corrected chi connectivity index (χ3v) is 4.07. The summed E-state index contributed by atoms with van der Waals surface area (Å²) in [6, 6.07) is 7.26. The molecule has 0 atom stereocenters. The van der Waals surface area contributed by atoms with Crippen LogP contribution in [0.25, 0.3) is 0 Å². The summed E-state index contributed by atoms with van der Waals surface area (Å²) in [5.41, 5.74) is 1.89. The Balaban J connectivity index is 1.78. The highest BCUT2D eigenvalue weighted by Gasteiger charge is 2.16. The Bertz CT molecular complexity index is 794. The maximum atomic E-state index is 12.6. The molecule has 0 bridgehead atoms. The number of nitrogens with zero attached hydrogens (tertiary/aromatic N) is 3. The second-order valence-corrected chi connectivity index (χ2v) is 6.28. The van der Waals surface area contributed by atoms with Crippen molar-refractivity contribution >= 4 is 17.5 Å². The number of hydrogen-bond acceptors (Lipinski definition) is 6. The van der Waals surface area contributed by atoms with E-state index in [9.17, 15) is 4.79 Å². The second kappa shape index (κ2) is 8.03. The predicted molar refractivity (Wildman–Crippen MR) is 99.4 cm³/mol. The van der Waals surface area contributed by atoms with Gasteiger partial charge in [-0.15, -0.1) is 0 Å². The van der Waals surface area contributed by atoms with E-state index in [0.717, 1.165) is 30.0 Å². The Morgan fingerprint density at radius 3 is 2.73 bits per heavy atom. The van der Waals surface area contributed by atoms with E-state index in [4.69, 9.17) is 9.47 Å². The largest absolute Gasteiger partial charge is 0.486 e. The van der Waals surface area contributed by atoms with E-state index in [1.54, 1.807) is 18.0 Å². The van der Waals surface area contributed by atoms with Gasteiger partial charge in [-0.05, 0) is 31.5 Å². The quantitative estimate of drug-likeness (QED) is 0.857. The number of aryl methyl sites for hydroxylation is 1. The number of unbranched alkanes of at least 4 members (excludes halogenated alkanes) is 1. The number of nitrogens with one attached hydrogen (secondary N) is 1. The number of hydrogen-bond donors (Lipinski definition) is 1. The van der Waals surface area contributed by atoms with Gasteiger partial charge in [0, 0.05) is 31.0 Å². The summed E-state index contributed by atoms with van der Waals surface area (Å²) in [6.45, 7) is 5.74. The zero-order valence-electron chi connectivity index (χ0n) is 15.4. The number of amides is 1. The fourth-order valence-electron chi connectivity index (χ4n) is 2.68. The van der Waals surface area contributed by atoms with Crippen LogP contribution in [0, 0.1) is 6.92 Å². The van der Waals surface area contributed by atoms with Gasteiger partial charge in [0.05, 0.1) is 0 Å². The van der Waals surface area contributed by atoms with Crippen molar-refractivity contribution in [3.63, 3.8) is 0 Å². The smallest absolute Gasteiger partial charge is 0.272 e. The van der Waals surface area contributed by atoms with Gasteiger partial charge in [0.2, 0.25) is 5.95 Å². The minimum absolute atomic E-state index is 0.103. The molecule has 0 spiro atoms. The summed E-state index contributed by atoms with van der Waals surface area (Å²) in [5.74, 6) is 1.69. The first-order chi connectivity index (χ1) is 12.6. The molecule has 0 radical (unpaired) electrons. The number of carbonyl (C=O) groups excluding carboxylic acids is 1. The molecule has 0 fully saturated rings. The highest BCUT2D eigenvalue weighted by molar-refractivity contribution is 5.92. The molecule has 1 aliphatic heterocycles. The van der Waals surface area contributed by atoms with Crippen LogP contribution in [0.15, 0.2) is 24.3 Å². The minimum atomic E-state index is -0.103. The normalized spacial score (nSPS) is 12.6. The molecule has 0 saturated carbocycles. The standard InChI is InChI=1S/C19H24N4O3/c1-4-5-8-23(3)18(24)15-11-13(2)20-19(22-15)21-14-6-7-16-17(12-14)26-10-9-25-16/h6-7,11-12H,4-5,8-10H2,1-3H3,(H,20,21,22). The lowest BCUT2D eigenvalue weighted by molar-refractivity contribution is 0.0787. The van der Waals surface area contributed by atoms with E-state index in [0.29, 0.717) is 37.2 Å². The van der Waals surface area contributed by atoms with Gasteiger partial charge in [-0.2, -0.15) is 0 Å². The van der Waals surface area contributed by atoms with Gasteiger partial charge in [0.25, 0.3) is 5.91 Å². The summed E-state index contributed by atoms with van der Waals surface area (Å²) in [4.78, 5) is 23.0. The summed E-state index contributed by atoms with van der Waals surface area (Å²) >= 11 is 0. The zero-order valence-corrected chi connectivity index (χ0v) is 15.4. The maximum Gasteiger partial charge on any atom is 0.272 e. The van der Waals surface area contributed by atoms with Crippen molar-refractivity contribution in [1.29, 1.82) is 0 Å². The topological polar surface area (TPSA) is 76.6 Å². The van der Waals surface area contributed by atoms with E-state index >= 15 is 0 Å². The zero-order chi connectivity index (χ0) is 18.5. The number of rotatable bonds is 6. The number of aromatic nitrogens is 2. The summed E-state index contributed by atoms with van der Waals surface area (Å²) in [7, 11) is 1.79. The molecule has 26 heavy (non-hydrogen) atoms. The van der Waals surface area contributed by atoms with Gasteiger partial charge in [-0.25, -0.2) is 9.97 Å².